The van der Waals surface area contributed by atoms with E-state index in [-0.39, 0.29) is 18.4 Å². The molecule has 1 aromatic carbocycles. The van der Waals surface area contributed by atoms with Crippen LogP contribution >= 0.6 is 11.8 Å². The maximum Gasteiger partial charge on any atom is 0.225 e. The first-order valence-electron chi connectivity index (χ1n) is 7.11. The van der Waals surface area contributed by atoms with E-state index in [2.05, 4.69) is 17.4 Å². The molecule has 0 saturated heterocycles. The van der Waals surface area contributed by atoms with Crippen LogP contribution in [0.15, 0.2) is 30.3 Å². The van der Waals surface area contributed by atoms with Gasteiger partial charge >= 0.3 is 0 Å². The summed E-state index contributed by atoms with van der Waals surface area (Å²) < 4.78 is 0. The molecule has 0 radical (unpaired) electrons. The van der Waals surface area contributed by atoms with Crippen LogP contribution in [0.5, 0.6) is 0 Å². The van der Waals surface area contributed by atoms with Crippen molar-refractivity contribution in [3.63, 3.8) is 0 Å². The molecule has 4 heteroatoms. The van der Waals surface area contributed by atoms with Crippen LogP contribution in [0.25, 0.3) is 0 Å². The molecule has 0 unspecified atom stereocenters. The standard InChI is InChI=1S/C16H20N2OS/c17-10-11-18-16(19)14-8-4-5-9-15(14)20-12-13-6-2-1-3-7-13/h1-3,6-7,14-15H,4-5,8-9,11-12H2,(H,18,19)/t14-,15+/m1/s1. The molecule has 0 aliphatic heterocycles. The van der Waals surface area contributed by atoms with Gasteiger partial charge in [0.1, 0.15) is 6.54 Å². The Hall–Kier alpha value is -1.47. The number of nitrogens with one attached hydrogen (secondary N) is 1. The van der Waals surface area contributed by atoms with E-state index in [0.29, 0.717) is 5.25 Å². The fourth-order valence-corrected chi connectivity index (χ4v) is 4.06. The first-order chi connectivity index (χ1) is 9.81. The van der Waals surface area contributed by atoms with Crippen LogP contribution in [0.2, 0.25) is 0 Å². The molecule has 3 nitrogen and oxygen atoms in total. The SMILES string of the molecule is N#CCNC(=O)[C@@H]1CCCC[C@@H]1SCc1ccccc1. The van der Waals surface area contributed by atoms with E-state index < -0.39 is 0 Å². The lowest BCUT2D eigenvalue weighted by atomic mass is 9.88. The van der Waals surface area contributed by atoms with Crippen molar-refractivity contribution in [3.05, 3.63) is 35.9 Å². The molecule has 1 aliphatic carbocycles. The first-order valence-corrected chi connectivity index (χ1v) is 8.16. The van der Waals surface area contributed by atoms with Crippen molar-refractivity contribution in [1.29, 1.82) is 5.26 Å². The molecule has 0 aromatic heterocycles. The largest absolute Gasteiger partial charge is 0.343 e. The molecule has 0 bridgehead atoms. The van der Waals surface area contributed by atoms with E-state index in [1.165, 1.54) is 12.0 Å². The third kappa shape index (κ3) is 4.28. The van der Waals surface area contributed by atoms with Crippen LogP contribution in [0, 0.1) is 17.2 Å². The number of rotatable bonds is 5. The highest BCUT2D eigenvalue weighted by molar-refractivity contribution is 7.99. The normalized spacial score (nSPS) is 21.9. The molecule has 1 N–H and O–H groups in total. The monoisotopic (exact) mass is 288 g/mol. The van der Waals surface area contributed by atoms with E-state index in [1.807, 2.05) is 36.0 Å². The molecule has 1 aromatic rings. The Morgan fingerprint density at radius 1 is 1.30 bits per heavy atom. The van der Waals surface area contributed by atoms with Crippen LogP contribution < -0.4 is 5.32 Å². The lowest BCUT2D eigenvalue weighted by Crippen LogP contribution is -2.38. The zero-order valence-corrected chi connectivity index (χ0v) is 12.4. The maximum atomic E-state index is 12.1. The number of hydrogen-bond acceptors (Lipinski definition) is 3. The summed E-state index contributed by atoms with van der Waals surface area (Å²) in [4.78, 5) is 12.1. The summed E-state index contributed by atoms with van der Waals surface area (Å²) in [5.74, 6) is 1.07. The van der Waals surface area contributed by atoms with Gasteiger partial charge in [0.05, 0.1) is 6.07 Å². The second-order valence-corrected chi connectivity index (χ2v) is 6.33. The number of carbonyl (C=O) groups is 1. The molecule has 1 amide bonds. The highest BCUT2D eigenvalue weighted by atomic mass is 32.2. The van der Waals surface area contributed by atoms with Crippen molar-refractivity contribution in [2.75, 3.05) is 6.54 Å². The minimum atomic E-state index is 0.0526. The van der Waals surface area contributed by atoms with Gasteiger partial charge in [-0.3, -0.25) is 4.79 Å². The lowest BCUT2D eigenvalue weighted by molar-refractivity contribution is -0.125. The molecule has 0 spiro atoms. The Balaban J connectivity index is 1.90. The molecular weight excluding hydrogens is 268 g/mol. The Bertz CT molecular complexity index is 469. The van der Waals surface area contributed by atoms with Crippen LogP contribution in [-0.4, -0.2) is 17.7 Å². The van der Waals surface area contributed by atoms with E-state index in [1.54, 1.807) is 0 Å². The number of benzene rings is 1. The average Bonchev–Trinajstić information content (AvgIpc) is 2.52. The highest BCUT2D eigenvalue weighted by Gasteiger charge is 2.30. The third-order valence-electron chi connectivity index (χ3n) is 3.69. The molecule has 0 heterocycles. The molecule has 2 atom stereocenters. The van der Waals surface area contributed by atoms with E-state index in [4.69, 9.17) is 5.26 Å². The summed E-state index contributed by atoms with van der Waals surface area (Å²) in [6, 6.07) is 12.3. The quantitative estimate of drug-likeness (QED) is 0.847. The number of nitrogens with zero attached hydrogens (tertiary/aromatic N) is 1. The number of thioether (sulfide) groups is 1. The molecule has 1 aliphatic rings. The van der Waals surface area contributed by atoms with Crippen LogP contribution in [-0.2, 0) is 10.5 Å². The topological polar surface area (TPSA) is 52.9 Å². The lowest BCUT2D eigenvalue weighted by Gasteiger charge is -2.30. The van der Waals surface area contributed by atoms with Gasteiger partial charge in [0.2, 0.25) is 5.91 Å². The molecule has 106 valence electrons. The zero-order valence-electron chi connectivity index (χ0n) is 11.5. The molecule has 20 heavy (non-hydrogen) atoms. The third-order valence-corrected chi connectivity index (χ3v) is 5.18. The smallest absolute Gasteiger partial charge is 0.225 e. The van der Waals surface area contributed by atoms with Crippen molar-refractivity contribution in [2.45, 2.75) is 36.7 Å². The predicted octanol–water partition coefficient (Wildman–Crippen LogP) is 3.12. The fourth-order valence-electron chi connectivity index (χ4n) is 2.63. The second kappa shape index (κ2) is 7.96. The Kier molecular flexibility index (Phi) is 5.94. The first kappa shape index (κ1) is 14.9. The average molecular weight is 288 g/mol. The van der Waals surface area contributed by atoms with Crippen molar-refractivity contribution >= 4 is 17.7 Å². The summed E-state index contributed by atoms with van der Waals surface area (Å²) in [5, 5.41) is 11.7. The van der Waals surface area contributed by atoms with Crippen LogP contribution in [0.4, 0.5) is 0 Å². The van der Waals surface area contributed by atoms with Crippen molar-refractivity contribution in [2.24, 2.45) is 5.92 Å². The van der Waals surface area contributed by atoms with Gasteiger partial charge in [-0.15, -0.1) is 0 Å². The Morgan fingerprint density at radius 3 is 2.80 bits per heavy atom. The molecule has 1 saturated carbocycles. The Labute approximate surface area is 124 Å². The zero-order chi connectivity index (χ0) is 14.2. The van der Waals surface area contributed by atoms with Gasteiger partial charge in [0.25, 0.3) is 0 Å². The molecule has 1 fully saturated rings. The summed E-state index contributed by atoms with van der Waals surface area (Å²) >= 11 is 1.88. The van der Waals surface area contributed by atoms with E-state index in [9.17, 15) is 4.79 Å². The van der Waals surface area contributed by atoms with E-state index >= 15 is 0 Å². The number of amides is 1. The summed E-state index contributed by atoms with van der Waals surface area (Å²) in [7, 11) is 0. The minimum Gasteiger partial charge on any atom is -0.343 e. The van der Waals surface area contributed by atoms with Crippen LogP contribution in [0.1, 0.15) is 31.2 Å². The maximum absolute atomic E-state index is 12.1. The van der Waals surface area contributed by atoms with Crippen LogP contribution in [0.3, 0.4) is 0 Å². The summed E-state index contributed by atoms with van der Waals surface area (Å²) in [6.07, 6.45) is 4.37. The number of carbonyl (C=O) groups excluding carboxylic acids is 1. The molecule has 2 rings (SSSR count). The van der Waals surface area contributed by atoms with Gasteiger partial charge in [-0.2, -0.15) is 17.0 Å². The van der Waals surface area contributed by atoms with Gasteiger partial charge in [-0.05, 0) is 18.4 Å². The van der Waals surface area contributed by atoms with Gasteiger partial charge in [0, 0.05) is 16.9 Å². The van der Waals surface area contributed by atoms with Gasteiger partial charge < -0.3 is 5.32 Å². The summed E-state index contributed by atoms with van der Waals surface area (Å²) in [6.45, 7) is 0.116. The number of hydrogen-bond donors (Lipinski definition) is 1. The van der Waals surface area contributed by atoms with Gasteiger partial charge in [-0.1, -0.05) is 43.2 Å². The summed E-state index contributed by atoms with van der Waals surface area (Å²) in [5.41, 5.74) is 1.30. The van der Waals surface area contributed by atoms with Crippen molar-refractivity contribution < 1.29 is 4.79 Å². The van der Waals surface area contributed by atoms with E-state index in [0.717, 1.165) is 25.0 Å². The predicted molar refractivity (Wildman–Crippen MR) is 82.1 cm³/mol. The second-order valence-electron chi connectivity index (χ2n) is 5.10. The van der Waals surface area contributed by atoms with Gasteiger partial charge in [0.15, 0.2) is 0 Å². The number of nitriles is 1. The van der Waals surface area contributed by atoms with Gasteiger partial charge in [-0.25, -0.2) is 0 Å². The minimum absolute atomic E-state index is 0.0526. The van der Waals surface area contributed by atoms with Crippen molar-refractivity contribution in [1.82, 2.24) is 5.32 Å². The van der Waals surface area contributed by atoms with Crippen molar-refractivity contribution in [3.8, 4) is 6.07 Å². The fraction of sp³-hybridized carbons (Fsp3) is 0.500. The molecular formula is C16H20N2OS. The Morgan fingerprint density at radius 2 is 2.05 bits per heavy atom. The highest BCUT2D eigenvalue weighted by Crippen LogP contribution is 2.35.